The smallest absolute Gasteiger partial charge is 0.255 e. The number of Topliss-reactive ketones (excluding diaryl/α,β-unsaturated/α-hetero) is 2. The summed E-state index contributed by atoms with van der Waals surface area (Å²) in [7, 11) is 8.32. The molecule has 11 nitrogen and oxygen atoms in total. The number of aliphatic hydroxyl groups excluding tert-OH is 2. The van der Waals surface area contributed by atoms with E-state index in [1.165, 1.54) is 12.0 Å². The normalized spacial score (nSPS) is 25.6. The number of rotatable bonds is 5. The van der Waals surface area contributed by atoms with Gasteiger partial charge in [0, 0.05) is 36.8 Å². The Labute approximate surface area is 236 Å². The maximum absolute atomic E-state index is 14.2. The number of nitrogens with zero attached hydrogens (tertiary/aromatic N) is 2. The van der Waals surface area contributed by atoms with Crippen molar-refractivity contribution in [2.45, 2.75) is 24.5 Å². The Hall–Kier alpha value is -4.35. The van der Waals surface area contributed by atoms with Crippen LogP contribution in [0.15, 0.2) is 53.0 Å². The summed E-state index contributed by atoms with van der Waals surface area (Å²) in [6.07, 6.45) is 0.227. The molecule has 6 N–H and O–H groups in total. The first-order valence-electron chi connectivity index (χ1n) is 13.1. The van der Waals surface area contributed by atoms with Gasteiger partial charge in [0.05, 0.1) is 18.7 Å². The Balaban J connectivity index is 1.75. The van der Waals surface area contributed by atoms with Gasteiger partial charge in [-0.25, -0.2) is 0 Å². The van der Waals surface area contributed by atoms with Gasteiger partial charge in [-0.2, -0.15) is 0 Å². The molecule has 0 aliphatic heterocycles. The molecular formula is C30H33N3O8. The van der Waals surface area contributed by atoms with Crippen molar-refractivity contribution >= 4 is 23.2 Å². The van der Waals surface area contributed by atoms with E-state index in [9.17, 15) is 34.8 Å². The first kappa shape index (κ1) is 28.2. The molecule has 5 rings (SSSR count). The number of anilines is 1. The van der Waals surface area contributed by atoms with Crippen LogP contribution in [0.25, 0.3) is 11.1 Å². The summed E-state index contributed by atoms with van der Waals surface area (Å²) in [4.78, 5) is 43.2. The standard InChI is InChI=1S/C30H33N3O8/c1-32(2)19-12-16(13-7-6-8-15(9-13)41-5)24(34)21-17(19)10-14-11-18-23(33(3)4)26(36)22(29(31)39)28(38)30(18,40)27(37)20(14)25(21)35/h6-9,12,14,18,23,34,36-37,40H,10-11H2,1-5H3,(H2,31,39)/t14-,18-,23+,30-/m0/s1. The number of likely N-dealkylation sites (N-methyl/N-ethyl adjacent to an activating group) is 1. The topological polar surface area (TPSA) is 174 Å². The van der Waals surface area contributed by atoms with Crippen molar-refractivity contribution in [1.82, 2.24) is 4.90 Å². The maximum atomic E-state index is 14.2. The van der Waals surface area contributed by atoms with Crippen LogP contribution in [0.4, 0.5) is 5.69 Å². The highest BCUT2D eigenvalue weighted by Gasteiger charge is 2.63. The predicted molar refractivity (Wildman–Crippen MR) is 150 cm³/mol. The highest BCUT2D eigenvalue weighted by molar-refractivity contribution is 6.25. The lowest BCUT2D eigenvalue weighted by molar-refractivity contribution is -0.148. The van der Waals surface area contributed by atoms with Crippen LogP contribution in [-0.4, -0.2) is 89.7 Å². The number of carbonyl (C=O) groups excluding carboxylic acids is 3. The molecule has 0 heterocycles. The predicted octanol–water partition coefficient (Wildman–Crippen LogP) is 1.86. The minimum atomic E-state index is -2.69. The second kappa shape index (κ2) is 9.64. The number of aliphatic hydroxyl groups is 3. The van der Waals surface area contributed by atoms with Crippen molar-refractivity contribution in [3.63, 3.8) is 0 Å². The summed E-state index contributed by atoms with van der Waals surface area (Å²) in [6.45, 7) is 0. The molecule has 2 aromatic carbocycles. The van der Waals surface area contributed by atoms with Crippen LogP contribution in [0.2, 0.25) is 0 Å². The molecule has 0 saturated heterocycles. The van der Waals surface area contributed by atoms with Crippen LogP contribution >= 0.6 is 0 Å². The van der Waals surface area contributed by atoms with E-state index in [0.29, 0.717) is 28.1 Å². The third-order valence-corrected chi connectivity index (χ3v) is 8.56. The number of methoxy groups -OCH3 is 1. The molecule has 1 amide bonds. The van der Waals surface area contributed by atoms with E-state index in [4.69, 9.17) is 10.5 Å². The fourth-order valence-electron chi connectivity index (χ4n) is 6.71. The Morgan fingerprint density at radius 1 is 1.10 bits per heavy atom. The number of phenolic OH excluding ortho intramolecular Hbond substituents is 1. The van der Waals surface area contributed by atoms with Gasteiger partial charge in [-0.3, -0.25) is 19.3 Å². The van der Waals surface area contributed by atoms with E-state index in [0.717, 1.165) is 0 Å². The molecule has 0 bridgehead atoms. The molecule has 0 unspecified atom stereocenters. The number of allylic oxidation sites excluding steroid dienone is 1. The van der Waals surface area contributed by atoms with Crippen LogP contribution in [-0.2, 0) is 16.0 Å². The number of phenols is 1. The van der Waals surface area contributed by atoms with Gasteiger partial charge in [0.15, 0.2) is 11.4 Å². The molecule has 11 heteroatoms. The molecule has 216 valence electrons. The third kappa shape index (κ3) is 3.91. The summed E-state index contributed by atoms with van der Waals surface area (Å²) in [5, 5.41) is 45.8. The number of primary amides is 1. The van der Waals surface area contributed by atoms with E-state index in [-0.39, 0.29) is 29.7 Å². The SMILES string of the molecule is COc1cccc(-c2cc(N(C)C)c3c(c2O)C(=O)C2=C(O)[C@]4(O)C(=O)C(C(N)=O)=C(O)[C@H](N(C)C)[C@@H]4C[C@@H]2C3)c1. The Morgan fingerprint density at radius 3 is 2.37 bits per heavy atom. The van der Waals surface area contributed by atoms with Crippen LogP contribution < -0.4 is 15.4 Å². The van der Waals surface area contributed by atoms with Gasteiger partial charge in [0.1, 0.15) is 28.6 Å². The average Bonchev–Trinajstić information content (AvgIpc) is 2.90. The number of amides is 1. The van der Waals surface area contributed by atoms with Crippen molar-refractivity contribution in [3.05, 3.63) is 64.1 Å². The number of fused-ring (bicyclic) bond motifs is 3. The number of carbonyl (C=O) groups is 3. The lowest BCUT2D eigenvalue weighted by Gasteiger charge is -2.50. The number of hydrogen-bond acceptors (Lipinski definition) is 10. The van der Waals surface area contributed by atoms with E-state index in [2.05, 4.69) is 0 Å². The number of ether oxygens (including phenoxy) is 1. The number of benzene rings is 2. The quantitative estimate of drug-likeness (QED) is 0.338. The Kier molecular flexibility index (Phi) is 6.62. The number of ketones is 2. The Morgan fingerprint density at radius 2 is 1.78 bits per heavy atom. The zero-order chi connectivity index (χ0) is 30.1. The number of hydrogen-bond donors (Lipinski definition) is 5. The number of aromatic hydroxyl groups is 1. The van der Waals surface area contributed by atoms with Crippen molar-refractivity contribution in [1.29, 1.82) is 0 Å². The molecule has 0 spiro atoms. The monoisotopic (exact) mass is 563 g/mol. The van der Waals surface area contributed by atoms with Crippen LogP contribution in [0.3, 0.4) is 0 Å². The number of nitrogens with two attached hydrogens (primary N) is 1. The minimum Gasteiger partial charge on any atom is -0.510 e. The molecule has 3 aliphatic carbocycles. The first-order chi connectivity index (χ1) is 19.2. The second-order valence-electron chi connectivity index (χ2n) is 11.2. The first-order valence-corrected chi connectivity index (χ1v) is 13.1. The van der Waals surface area contributed by atoms with Gasteiger partial charge in [0.25, 0.3) is 5.91 Å². The summed E-state index contributed by atoms with van der Waals surface area (Å²) >= 11 is 0. The molecule has 0 radical (unpaired) electrons. The van der Waals surface area contributed by atoms with Crippen molar-refractivity contribution in [2.75, 3.05) is 40.2 Å². The summed E-state index contributed by atoms with van der Waals surface area (Å²) in [6, 6.07) is 7.71. The van der Waals surface area contributed by atoms with Gasteiger partial charge in [-0.1, -0.05) is 12.1 Å². The lowest BCUT2D eigenvalue weighted by Crippen LogP contribution is -2.63. The minimum absolute atomic E-state index is 0.0248. The molecular weight excluding hydrogens is 530 g/mol. The largest absolute Gasteiger partial charge is 0.510 e. The average molecular weight is 564 g/mol. The summed E-state index contributed by atoms with van der Waals surface area (Å²) in [5.74, 6) is -6.26. The molecule has 41 heavy (non-hydrogen) atoms. The second-order valence-corrected chi connectivity index (χ2v) is 11.2. The lowest BCUT2D eigenvalue weighted by atomic mass is 9.58. The zero-order valence-corrected chi connectivity index (χ0v) is 23.4. The third-order valence-electron chi connectivity index (χ3n) is 8.56. The maximum Gasteiger partial charge on any atom is 0.255 e. The molecule has 0 aromatic heterocycles. The Bertz CT molecular complexity index is 1570. The highest BCUT2D eigenvalue weighted by Crippen LogP contribution is 2.54. The summed E-state index contributed by atoms with van der Waals surface area (Å²) < 4.78 is 5.33. The van der Waals surface area contributed by atoms with Crippen LogP contribution in [0, 0.1) is 11.8 Å². The van der Waals surface area contributed by atoms with Gasteiger partial charge in [-0.05, 0) is 62.2 Å². The van der Waals surface area contributed by atoms with E-state index in [1.807, 2.05) is 19.0 Å². The molecule has 3 aliphatic rings. The van der Waals surface area contributed by atoms with Crippen molar-refractivity contribution in [3.8, 4) is 22.6 Å². The van der Waals surface area contributed by atoms with Crippen LogP contribution in [0.5, 0.6) is 11.5 Å². The van der Waals surface area contributed by atoms with Gasteiger partial charge < -0.3 is 35.8 Å². The highest BCUT2D eigenvalue weighted by atomic mass is 16.5. The molecule has 2 aromatic rings. The molecule has 0 saturated carbocycles. The fourth-order valence-corrected chi connectivity index (χ4v) is 6.71. The van der Waals surface area contributed by atoms with Crippen molar-refractivity contribution < 1.29 is 39.5 Å². The molecule has 0 fully saturated rings. The van der Waals surface area contributed by atoms with Gasteiger partial charge in [-0.15, -0.1) is 0 Å². The van der Waals surface area contributed by atoms with Gasteiger partial charge >= 0.3 is 0 Å². The van der Waals surface area contributed by atoms with Gasteiger partial charge in [0.2, 0.25) is 5.78 Å². The van der Waals surface area contributed by atoms with E-state index < -0.39 is 58.0 Å². The molecule has 4 atom stereocenters. The van der Waals surface area contributed by atoms with Crippen LogP contribution in [0.1, 0.15) is 22.3 Å². The summed E-state index contributed by atoms with van der Waals surface area (Å²) in [5.41, 5.74) is 3.80. The zero-order valence-electron chi connectivity index (χ0n) is 23.4. The van der Waals surface area contributed by atoms with E-state index >= 15 is 0 Å². The van der Waals surface area contributed by atoms with Crippen molar-refractivity contribution in [2.24, 2.45) is 17.6 Å². The fraction of sp³-hybridized carbons (Fsp3) is 0.367. The van der Waals surface area contributed by atoms with E-state index in [1.54, 1.807) is 44.4 Å².